The van der Waals surface area contributed by atoms with Crippen LogP contribution in [0.2, 0.25) is 0 Å². The molecule has 0 saturated heterocycles. The lowest BCUT2D eigenvalue weighted by atomic mass is 10.0. The lowest BCUT2D eigenvalue weighted by Gasteiger charge is -2.18. The number of ether oxygens (including phenoxy) is 3. The summed E-state index contributed by atoms with van der Waals surface area (Å²) in [6.45, 7) is 6.33. The SMILES string of the molecule is CC/C=C\C/C=C\C/C=C\C/C=C\C/C=C\C/C=C\C/C=C\CCCCCCCCCCCCCCCC(=O)OCC(COC(=O)CCCCCCCCCC)OC(=O)CCC/C=C\C/C=C\C/C=C\C/C=C\C/C=C\CC. The molecule has 440 valence electrons. The standard InChI is InChI=1S/C72H116O6/c1-4-7-10-13-16-19-21-23-25-27-28-29-30-31-32-33-34-35-36-37-38-39-40-41-42-43-44-46-47-49-51-53-56-59-62-65-71(74)77-68-69(67-76-70(73)64-61-58-55-18-15-12-9-6-3)78-72(75)66-63-60-57-54-52-50-48-45-26-24-22-20-17-14-11-8-5-2/h7-8,10-11,16-17,19-20,23-26,28-29,31-32,34-35,37-38,48,50,54,57,69H,4-6,9,12-15,18,21-22,27,30,33,36,39-47,49,51-53,55-56,58-68H2,1-3H3/b10-7-,11-8-,19-16-,20-17-,25-23-,26-24-,29-28-,32-31-,35-34-,38-37-,50-48-,57-54-. The van der Waals surface area contributed by atoms with Gasteiger partial charge in [-0.2, -0.15) is 0 Å². The number of hydrogen-bond acceptors (Lipinski definition) is 6. The van der Waals surface area contributed by atoms with Crippen molar-refractivity contribution >= 4 is 17.9 Å². The second kappa shape index (κ2) is 64.8. The summed E-state index contributed by atoms with van der Waals surface area (Å²) in [6, 6.07) is 0. The quantitative estimate of drug-likeness (QED) is 0.0261. The van der Waals surface area contributed by atoms with Crippen LogP contribution in [0.3, 0.4) is 0 Å². The zero-order valence-corrected chi connectivity index (χ0v) is 50.4. The highest BCUT2D eigenvalue weighted by molar-refractivity contribution is 5.71. The van der Waals surface area contributed by atoms with Gasteiger partial charge in [0, 0.05) is 19.3 Å². The molecule has 0 aromatic carbocycles. The topological polar surface area (TPSA) is 78.9 Å². The van der Waals surface area contributed by atoms with Gasteiger partial charge in [-0.05, 0) is 116 Å². The van der Waals surface area contributed by atoms with E-state index in [1.165, 1.54) is 103 Å². The molecule has 0 heterocycles. The Hall–Kier alpha value is -4.71. The molecule has 0 aliphatic heterocycles. The van der Waals surface area contributed by atoms with Crippen molar-refractivity contribution < 1.29 is 28.6 Å². The lowest BCUT2D eigenvalue weighted by Crippen LogP contribution is -2.30. The second-order valence-electron chi connectivity index (χ2n) is 20.6. The van der Waals surface area contributed by atoms with Crippen molar-refractivity contribution in [3.05, 3.63) is 146 Å². The number of allylic oxidation sites excluding steroid dienone is 24. The van der Waals surface area contributed by atoms with E-state index in [1.807, 2.05) is 0 Å². The van der Waals surface area contributed by atoms with Crippen molar-refractivity contribution in [2.24, 2.45) is 0 Å². The van der Waals surface area contributed by atoms with E-state index in [4.69, 9.17) is 14.2 Å². The minimum Gasteiger partial charge on any atom is -0.462 e. The van der Waals surface area contributed by atoms with E-state index >= 15 is 0 Å². The number of unbranched alkanes of at least 4 members (excludes halogenated alkanes) is 21. The monoisotopic (exact) mass is 1080 g/mol. The molecule has 0 rings (SSSR count). The number of carbonyl (C=O) groups is 3. The summed E-state index contributed by atoms with van der Waals surface area (Å²) in [4.78, 5) is 38.0. The van der Waals surface area contributed by atoms with Gasteiger partial charge in [0.15, 0.2) is 6.10 Å². The first-order chi connectivity index (χ1) is 38.5. The third-order valence-corrected chi connectivity index (χ3v) is 13.1. The van der Waals surface area contributed by atoms with Crippen LogP contribution in [0.4, 0.5) is 0 Å². The van der Waals surface area contributed by atoms with Crippen LogP contribution in [-0.2, 0) is 28.6 Å². The predicted octanol–water partition coefficient (Wildman–Crippen LogP) is 21.9. The molecule has 0 aliphatic rings. The van der Waals surface area contributed by atoms with E-state index in [-0.39, 0.29) is 37.5 Å². The molecule has 1 unspecified atom stereocenters. The highest BCUT2D eigenvalue weighted by Crippen LogP contribution is 2.15. The van der Waals surface area contributed by atoms with Crippen LogP contribution >= 0.6 is 0 Å². The fourth-order valence-electron chi connectivity index (χ4n) is 8.40. The van der Waals surface area contributed by atoms with Crippen LogP contribution in [0.25, 0.3) is 0 Å². The summed E-state index contributed by atoms with van der Waals surface area (Å²) in [5.74, 6) is -0.968. The molecule has 0 aliphatic carbocycles. The molecule has 0 radical (unpaired) electrons. The summed E-state index contributed by atoms with van der Waals surface area (Å²) in [6.07, 6.45) is 93.1. The Morgan fingerprint density at radius 1 is 0.269 bits per heavy atom. The molecule has 0 fully saturated rings. The Kier molecular flexibility index (Phi) is 60.9. The maximum absolute atomic E-state index is 12.8. The zero-order chi connectivity index (χ0) is 56.4. The Morgan fingerprint density at radius 3 is 0.821 bits per heavy atom. The van der Waals surface area contributed by atoms with Crippen molar-refractivity contribution in [3.63, 3.8) is 0 Å². The first-order valence-electron chi connectivity index (χ1n) is 31.8. The summed E-state index contributed by atoms with van der Waals surface area (Å²) in [5, 5.41) is 0. The van der Waals surface area contributed by atoms with Crippen molar-refractivity contribution in [2.75, 3.05) is 13.2 Å². The Bertz CT molecular complexity index is 1710. The van der Waals surface area contributed by atoms with Gasteiger partial charge in [-0.25, -0.2) is 0 Å². The molecule has 0 bridgehead atoms. The van der Waals surface area contributed by atoms with Gasteiger partial charge in [0.2, 0.25) is 0 Å². The lowest BCUT2D eigenvalue weighted by molar-refractivity contribution is -0.167. The van der Waals surface area contributed by atoms with Gasteiger partial charge in [-0.15, -0.1) is 0 Å². The largest absolute Gasteiger partial charge is 0.462 e. The minimum atomic E-state index is -0.810. The predicted molar refractivity (Wildman–Crippen MR) is 339 cm³/mol. The molecule has 6 heteroatoms. The fraction of sp³-hybridized carbons (Fsp3) is 0.625. The van der Waals surface area contributed by atoms with Crippen LogP contribution in [0, 0.1) is 0 Å². The molecular weight excluding hydrogens is 961 g/mol. The molecule has 0 aromatic rings. The number of carbonyl (C=O) groups excluding carboxylic acids is 3. The summed E-state index contributed by atoms with van der Waals surface area (Å²) in [7, 11) is 0. The van der Waals surface area contributed by atoms with Gasteiger partial charge in [0.25, 0.3) is 0 Å². The van der Waals surface area contributed by atoms with Crippen LogP contribution in [0.5, 0.6) is 0 Å². The third-order valence-electron chi connectivity index (χ3n) is 13.1. The van der Waals surface area contributed by atoms with E-state index in [0.717, 1.165) is 122 Å². The number of esters is 3. The summed E-state index contributed by atoms with van der Waals surface area (Å²) in [5.41, 5.74) is 0. The second-order valence-corrected chi connectivity index (χ2v) is 20.6. The van der Waals surface area contributed by atoms with Crippen LogP contribution in [-0.4, -0.2) is 37.2 Å². The van der Waals surface area contributed by atoms with E-state index in [2.05, 4.69) is 167 Å². The van der Waals surface area contributed by atoms with Crippen molar-refractivity contribution in [3.8, 4) is 0 Å². The Labute approximate surface area is 480 Å². The van der Waals surface area contributed by atoms with Crippen LogP contribution in [0.15, 0.2) is 146 Å². The van der Waals surface area contributed by atoms with Gasteiger partial charge in [0.05, 0.1) is 0 Å². The highest BCUT2D eigenvalue weighted by Gasteiger charge is 2.19. The summed E-state index contributed by atoms with van der Waals surface area (Å²) < 4.78 is 16.8. The van der Waals surface area contributed by atoms with E-state index in [1.54, 1.807) is 0 Å². The number of rotatable bonds is 56. The van der Waals surface area contributed by atoms with Crippen molar-refractivity contribution in [1.29, 1.82) is 0 Å². The van der Waals surface area contributed by atoms with Crippen molar-refractivity contribution in [2.45, 2.75) is 277 Å². The maximum Gasteiger partial charge on any atom is 0.306 e. The minimum absolute atomic E-state index is 0.102. The number of hydrogen-bond donors (Lipinski definition) is 0. The smallest absolute Gasteiger partial charge is 0.306 e. The normalized spacial score (nSPS) is 13.1. The highest BCUT2D eigenvalue weighted by atomic mass is 16.6. The molecule has 6 nitrogen and oxygen atoms in total. The van der Waals surface area contributed by atoms with Gasteiger partial charge in [-0.3, -0.25) is 14.4 Å². The van der Waals surface area contributed by atoms with Gasteiger partial charge >= 0.3 is 17.9 Å². The van der Waals surface area contributed by atoms with E-state index in [9.17, 15) is 14.4 Å². The van der Waals surface area contributed by atoms with E-state index in [0.29, 0.717) is 19.3 Å². The molecular formula is C72H116O6. The first-order valence-corrected chi connectivity index (χ1v) is 31.8. The average Bonchev–Trinajstić information content (AvgIpc) is 3.44. The fourth-order valence-corrected chi connectivity index (χ4v) is 8.40. The average molecular weight is 1080 g/mol. The zero-order valence-electron chi connectivity index (χ0n) is 50.4. The maximum atomic E-state index is 12.8. The van der Waals surface area contributed by atoms with Gasteiger partial charge in [-0.1, -0.05) is 282 Å². The molecule has 0 aromatic heterocycles. The van der Waals surface area contributed by atoms with Gasteiger partial charge < -0.3 is 14.2 Å². The molecule has 0 saturated carbocycles. The van der Waals surface area contributed by atoms with Crippen LogP contribution < -0.4 is 0 Å². The van der Waals surface area contributed by atoms with Crippen LogP contribution in [0.1, 0.15) is 271 Å². The molecule has 78 heavy (non-hydrogen) atoms. The van der Waals surface area contributed by atoms with Crippen molar-refractivity contribution in [1.82, 2.24) is 0 Å². The molecule has 1 atom stereocenters. The molecule has 0 N–H and O–H groups in total. The van der Waals surface area contributed by atoms with Gasteiger partial charge in [0.1, 0.15) is 13.2 Å². The third kappa shape index (κ3) is 62.1. The molecule has 0 amide bonds. The Morgan fingerprint density at radius 2 is 0.513 bits per heavy atom. The first kappa shape index (κ1) is 73.3. The Balaban J connectivity index is 4.15. The molecule has 0 spiro atoms. The summed E-state index contributed by atoms with van der Waals surface area (Å²) >= 11 is 0. The van der Waals surface area contributed by atoms with E-state index < -0.39 is 6.10 Å².